The number of carbonyl (C=O) groups is 1. The Labute approximate surface area is 124 Å². The molecule has 0 spiro atoms. The van der Waals surface area contributed by atoms with Crippen LogP contribution in [0.5, 0.6) is 0 Å². The highest BCUT2D eigenvalue weighted by atomic mass is 28.4. The van der Waals surface area contributed by atoms with Crippen LogP contribution in [0.1, 0.15) is 47.5 Å². The Morgan fingerprint density at radius 3 is 2.45 bits per heavy atom. The monoisotopic (exact) mass is 298 g/mol. The van der Waals surface area contributed by atoms with Crippen molar-refractivity contribution in [1.29, 1.82) is 0 Å². The molecule has 3 nitrogen and oxygen atoms in total. The molecule has 0 amide bonds. The maximum atomic E-state index is 12.7. The third kappa shape index (κ3) is 2.74. The van der Waals surface area contributed by atoms with Crippen LogP contribution in [-0.2, 0) is 14.0 Å². The number of ketones is 1. The van der Waals surface area contributed by atoms with Gasteiger partial charge in [0, 0.05) is 19.4 Å². The fourth-order valence-electron chi connectivity index (χ4n) is 3.90. The summed E-state index contributed by atoms with van der Waals surface area (Å²) in [6, 6.07) is 3.27. The minimum absolute atomic E-state index is 0.227. The molecule has 0 bridgehead atoms. The van der Waals surface area contributed by atoms with Crippen molar-refractivity contribution in [3.63, 3.8) is 0 Å². The van der Waals surface area contributed by atoms with E-state index >= 15 is 0 Å². The van der Waals surface area contributed by atoms with Crippen molar-refractivity contribution >= 4 is 14.1 Å². The first-order valence-corrected chi connectivity index (χ1v) is 10.8. The molecule has 4 atom stereocenters. The lowest BCUT2D eigenvalue weighted by Gasteiger charge is -2.44. The molecule has 1 aliphatic carbocycles. The van der Waals surface area contributed by atoms with Gasteiger partial charge in [0.1, 0.15) is 5.60 Å². The summed E-state index contributed by atoms with van der Waals surface area (Å²) >= 11 is 0. The molecule has 0 radical (unpaired) electrons. The zero-order chi connectivity index (χ0) is 15.0. The fourth-order valence-corrected chi connectivity index (χ4v) is 6.99. The molecule has 1 saturated heterocycles. The number of hydrogen-bond donors (Lipinski definition) is 0. The Kier molecular flexibility index (Phi) is 4.77. The van der Waals surface area contributed by atoms with Crippen LogP contribution >= 0.6 is 0 Å². The second-order valence-electron chi connectivity index (χ2n) is 6.92. The molecule has 0 aromatic heterocycles. The predicted octanol–water partition coefficient (Wildman–Crippen LogP) is 3.78. The van der Waals surface area contributed by atoms with Crippen LogP contribution in [0.3, 0.4) is 0 Å². The fraction of sp³-hybridized carbons (Fsp3) is 0.938. The van der Waals surface area contributed by atoms with Crippen molar-refractivity contribution in [3.8, 4) is 0 Å². The van der Waals surface area contributed by atoms with E-state index in [4.69, 9.17) is 9.16 Å². The minimum Gasteiger partial charge on any atom is -0.405 e. The van der Waals surface area contributed by atoms with Crippen LogP contribution in [0.15, 0.2) is 0 Å². The van der Waals surface area contributed by atoms with Gasteiger partial charge in [0.25, 0.3) is 0 Å². The number of carbonyl (C=O) groups excluding carboxylic acids is 1. The van der Waals surface area contributed by atoms with Gasteiger partial charge < -0.3 is 9.16 Å². The van der Waals surface area contributed by atoms with Gasteiger partial charge in [-0.15, -0.1) is 0 Å². The summed E-state index contributed by atoms with van der Waals surface area (Å²) < 4.78 is 12.5. The van der Waals surface area contributed by atoms with Crippen molar-refractivity contribution in [3.05, 3.63) is 0 Å². The minimum atomic E-state index is -1.76. The maximum absolute atomic E-state index is 12.7. The lowest BCUT2D eigenvalue weighted by molar-refractivity contribution is -0.144. The molecule has 0 unspecified atom stereocenters. The van der Waals surface area contributed by atoms with Crippen LogP contribution < -0.4 is 0 Å². The van der Waals surface area contributed by atoms with Crippen molar-refractivity contribution in [1.82, 2.24) is 0 Å². The maximum Gasteiger partial charge on any atom is 0.193 e. The standard InChI is InChI=1S/C16H30O3Si/c1-6-20(7-2,8-3)19-16(5)10-14-13(9-15(16)17)12(4)11-18-14/h12-14H,6-11H2,1-5H3/t12-,13-,14-,16+/m1/s1. The Bertz CT molecular complexity index is 358. The van der Waals surface area contributed by atoms with E-state index in [0.717, 1.165) is 31.2 Å². The molecule has 20 heavy (non-hydrogen) atoms. The lowest BCUT2D eigenvalue weighted by Crippen LogP contribution is -2.55. The largest absolute Gasteiger partial charge is 0.405 e. The van der Waals surface area contributed by atoms with Gasteiger partial charge in [-0.25, -0.2) is 0 Å². The second-order valence-corrected chi connectivity index (χ2v) is 11.6. The highest BCUT2D eigenvalue weighted by molar-refractivity contribution is 6.73. The first-order chi connectivity index (χ1) is 9.39. The molecular formula is C16H30O3Si. The first kappa shape index (κ1) is 16.2. The number of rotatable bonds is 5. The SMILES string of the molecule is CC[Si](CC)(CC)O[C@@]1(C)C[C@H]2OC[C@@H](C)[C@H]2CC1=O. The summed E-state index contributed by atoms with van der Waals surface area (Å²) in [5.41, 5.74) is -0.598. The van der Waals surface area contributed by atoms with E-state index in [9.17, 15) is 4.79 Å². The zero-order valence-electron chi connectivity index (χ0n) is 13.7. The number of Topliss-reactive ketones (excluding diaryl/α,β-unsaturated/α-hetero) is 1. The van der Waals surface area contributed by atoms with E-state index < -0.39 is 13.9 Å². The summed E-state index contributed by atoms with van der Waals surface area (Å²) in [6.45, 7) is 11.7. The molecule has 0 aromatic rings. The van der Waals surface area contributed by atoms with Crippen LogP contribution in [0.25, 0.3) is 0 Å². The normalized spacial score (nSPS) is 38.0. The molecule has 0 aromatic carbocycles. The Hall–Kier alpha value is -0.193. The average molecular weight is 298 g/mol. The molecule has 2 rings (SSSR count). The van der Waals surface area contributed by atoms with E-state index in [1.54, 1.807) is 0 Å². The Balaban J connectivity index is 2.16. The van der Waals surface area contributed by atoms with E-state index in [0.29, 0.717) is 24.0 Å². The third-order valence-corrected chi connectivity index (χ3v) is 10.5. The molecular weight excluding hydrogens is 268 g/mol. The molecule has 1 aliphatic heterocycles. The van der Waals surface area contributed by atoms with Gasteiger partial charge in [0.05, 0.1) is 6.10 Å². The lowest BCUT2D eigenvalue weighted by atomic mass is 9.74. The highest BCUT2D eigenvalue weighted by Gasteiger charge is 2.52. The average Bonchev–Trinajstić information content (AvgIpc) is 2.78. The number of ether oxygens (including phenoxy) is 1. The molecule has 2 fully saturated rings. The quantitative estimate of drug-likeness (QED) is 0.725. The van der Waals surface area contributed by atoms with Crippen LogP contribution in [0.4, 0.5) is 0 Å². The van der Waals surface area contributed by atoms with Gasteiger partial charge in [0.15, 0.2) is 14.1 Å². The van der Waals surface area contributed by atoms with Gasteiger partial charge >= 0.3 is 0 Å². The Morgan fingerprint density at radius 1 is 1.30 bits per heavy atom. The van der Waals surface area contributed by atoms with E-state index in [1.165, 1.54) is 0 Å². The smallest absolute Gasteiger partial charge is 0.193 e. The number of hydrogen-bond acceptors (Lipinski definition) is 3. The zero-order valence-corrected chi connectivity index (χ0v) is 14.7. The van der Waals surface area contributed by atoms with Gasteiger partial charge in [-0.1, -0.05) is 27.7 Å². The third-order valence-electron chi connectivity index (χ3n) is 5.76. The molecule has 1 heterocycles. The Morgan fingerprint density at radius 2 is 1.90 bits per heavy atom. The van der Waals surface area contributed by atoms with Crippen molar-refractivity contribution in [2.45, 2.75) is 77.3 Å². The summed E-state index contributed by atoms with van der Waals surface area (Å²) in [4.78, 5) is 12.7. The summed E-state index contributed by atoms with van der Waals surface area (Å²) in [6.07, 6.45) is 1.63. The topological polar surface area (TPSA) is 35.5 Å². The van der Waals surface area contributed by atoms with Crippen molar-refractivity contribution in [2.75, 3.05) is 6.61 Å². The van der Waals surface area contributed by atoms with E-state index in [2.05, 4.69) is 27.7 Å². The van der Waals surface area contributed by atoms with Crippen LogP contribution in [-0.4, -0.2) is 32.4 Å². The summed E-state index contributed by atoms with van der Waals surface area (Å²) in [7, 11) is -1.76. The summed E-state index contributed by atoms with van der Waals surface area (Å²) in [5, 5.41) is 0. The highest BCUT2D eigenvalue weighted by Crippen LogP contribution is 2.43. The van der Waals surface area contributed by atoms with Gasteiger partial charge in [-0.2, -0.15) is 0 Å². The van der Waals surface area contributed by atoms with Gasteiger partial charge in [-0.3, -0.25) is 4.79 Å². The van der Waals surface area contributed by atoms with E-state index in [-0.39, 0.29) is 6.10 Å². The summed E-state index contributed by atoms with van der Waals surface area (Å²) in [5.74, 6) is 1.24. The first-order valence-electron chi connectivity index (χ1n) is 8.24. The van der Waals surface area contributed by atoms with Gasteiger partial charge in [0.2, 0.25) is 0 Å². The van der Waals surface area contributed by atoms with Gasteiger partial charge in [-0.05, 0) is 36.9 Å². The molecule has 1 saturated carbocycles. The van der Waals surface area contributed by atoms with Crippen LogP contribution in [0.2, 0.25) is 18.1 Å². The van der Waals surface area contributed by atoms with Crippen LogP contribution in [0, 0.1) is 11.8 Å². The van der Waals surface area contributed by atoms with Crippen molar-refractivity contribution < 1.29 is 14.0 Å². The van der Waals surface area contributed by atoms with Crippen molar-refractivity contribution in [2.24, 2.45) is 11.8 Å². The van der Waals surface area contributed by atoms with E-state index in [1.807, 2.05) is 6.92 Å². The molecule has 2 aliphatic rings. The molecule has 0 N–H and O–H groups in total. The molecule has 116 valence electrons. The second kappa shape index (κ2) is 5.89. The number of fused-ring (bicyclic) bond motifs is 1. The molecule has 4 heteroatoms. The predicted molar refractivity (Wildman–Crippen MR) is 83.3 cm³/mol.